The van der Waals surface area contributed by atoms with Crippen molar-refractivity contribution >= 4 is 40.9 Å². The Morgan fingerprint density at radius 2 is 1.71 bits per heavy atom. The predicted molar refractivity (Wildman–Crippen MR) is 108 cm³/mol. The molecule has 0 saturated carbocycles. The number of furan rings is 1. The van der Waals surface area contributed by atoms with E-state index in [-0.39, 0.29) is 11.3 Å². The molecular weight excluding hydrogens is 397 g/mol. The van der Waals surface area contributed by atoms with E-state index in [9.17, 15) is 10.1 Å². The zero-order valence-corrected chi connectivity index (χ0v) is 15.8. The minimum absolute atomic E-state index is 0.182. The lowest BCUT2D eigenvalue weighted by Gasteiger charge is -2.05. The number of nitrogens with zero attached hydrogens (tertiary/aromatic N) is 2. The largest absolute Gasteiger partial charge is 0.457 e. The maximum Gasteiger partial charge on any atom is 0.266 e. The summed E-state index contributed by atoms with van der Waals surface area (Å²) in [6.45, 7) is 0. The molecule has 0 aliphatic heterocycles. The molecule has 5 nitrogen and oxygen atoms in total. The number of nitrogens with one attached hydrogen (secondary N) is 1. The molecular formula is C21H11Cl2N3O2. The highest BCUT2D eigenvalue weighted by molar-refractivity contribution is 6.39. The Morgan fingerprint density at radius 3 is 2.39 bits per heavy atom. The molecule has 1 aromatic heterocycles. The van der Waals surface area contributed by atoms with Gasteiger partial charge in [0.15, 0.2) is 0 Å². The molecule has 1 heterocycles. The van der Waals surface area contributed by atoms with Crippen LogP contribution in [-0.4, -0.2) is 5.91 Å². The van der Waals surface area contributed by atoms with E-state index < -0.39 is 5.91 Å². The third kappa shape index (κ3) is 4.07. The zero-order valence-electron chi connectivity index (χ0n) is 14.2. The van der Waals surface area contributed by atoms with Crippen LogP contribution in [0, 0.1) is 22.7 Å². The molecule has 136 valence electrons. The van der Waals surface area contributed by atoms with Crippen LogP contribution < -0.4 is 5.32 Å². The number of anilines is 1. The van der Waals surface area contributed by atoms with Gasteiger partial charge in [-0.3, -0.25) is 4.79 Å². The molecule has 0 spiro atoms. The average molecular weight is 408 g/mol. The second kappa shape index (κ2) is 8.45. The molecule has 3 rings (SSSR count). The van der Waals surface area contributed by atoms with Crippen LogP contribution in [0.15, 0.2) is 64.6 Å². The molecule has 2 aromatic carbocycles. The van der Waals surface area contributed by atoms with E-state index in [2.05, 4.69) is 5.32 Å². The summed E-state index contributed by atoms with van der Waals surface area (Å²) in [5.41, 5.74) is 0.955. The molecule has 0 fully saturated rings. The number of rotatable bonds is 4. The summed E-state index contributed by atoms with van der Waals surface area (Å²) in [7, 11) is 0. The number of hydrogen-bond donors (Lipinski definition) is 1. The number of carbonyl (C=O) groups excluding carboxylic acids is 1. The number of halogens is 2. The molecule has 0 bridgehead atoms. The van der Waals surface area contributed by atoms with Crippen LogP contribution in [0.3, 0.4) is 0 Å². The monoisotopic (exact) mass is 407 g/mol. The molecule has 0 unspecified atom stereocenters. The first-order chi connectivity index (χ1) is 13.5. The lowest BCUT2D eigenvalue weighted by molar-refractivity contribution is -0.112. The molecule has 0 saturated heterocycles. The van der Waals surface area contributed by atoms with E-state index in [4.69, 9.17) is 32.9 Å². The van der Waals surface area contributed by atoms with Gasteiger partial charge < -0.3 is 9.73 Å². The quantitative estimate of drug-likeness (QED) is 0.445. The molecule has 0 atom stereocenters. The van der Waals surface area contributed by atoms with Crippen molar-refractivity contribution in [3.05, 3.63) is 81.5 Å². The summed E-state index contributed by atoms with van der Waals surface area (Å²) < 4.78 is 5.68. The normalized spacial score (nSPS) is 10.8. The van der Waals surface area contributed by atoms with Gasteiger partial charge in [-0.05, 0) is 36.4 Å². The number of hydrogen-bond acceptors (Lipinski definition) is 4. The van der Waals surface area contributed by atoms with Crippen molar-refractivity contribution in [3.8, 4) is 23.5 Å². The molecule has 0 aliphatic rings. The number of benzene rings is 2. The van der Waals surface area contributed by atoms with Crippen molar-refractivity contribution in [1.29, 1.82) is 10.5 Å². The van der Waals surface area contributed by atoms with Crippen molar-refractivity contribution < 1.29 is 9.21 Å². The van der Waals surface area contributed by atoms with Crippen LogP contribution in [0.1, 0.15) is 11.3 Å². The molecule has 1 N–H and O–H groups in total. The van der Waals surface area contributed by atoms with E-state index in [1.807, 2.05) is 12.1 Å². The van der Waals surface area contributed by atoms with E-state index >= 15 is 0 Å². The van der Waals surface area contributed by atoms with Gasteiger partial charge in [-0.25, -0.2) is 0 Å². The molecule has 3 aromatic rings. The van der Waals surface area contributed by atoms with Gasteiger partial charge in [0, 0.05) is 6.08 Å². The Bertz CT molecular complexity index is 1150. The van der Waals surface area contributed by atoms with Crippen molar-refractivity contribution in [2.45, 2.75) is 0 Å². The summed E-state index contributed by atoms with van der Waals surface area (Å²) in [5, 5.41) is 21.8. The predicted octanol–water partition coefficient (Wildman–Crippen LogP) is 5.67. The SMILES string of the molecule is N#C/C(=C\c1ccc(-c2c(Cl)cccc2Cl)o1)C(=O)Nc1ccccc1C#N. The fourth-order valence-corrected chi connectivity index (χ4v) is 3.05. The Morgan fingerprint density at radius 1 is 1.00 bits per heavy atom. The highest BCUT2D eigenvalue weighted by Gasteiger charge is 2.15. The summed E-state index contributed by atoms with van der Waals surface area (Å²) in [6.07, 6.45) is 1.30. The van der Waals surface area contributed by atoms with Gasteiger partial charge in [0.2, 0.25) is 0 Å². The highest BCUT2D eigenvalue weighted by Crippen LogP contribution is 2.35. The van der Waals surface area contributed by atoms with E-state index in [0.717, 1.165) is 0 Å². The van der Waals surface area contributed by atoms with Crippen molar-refractivity contribution in [3.63, 3.8) is 0 Å². The van der Waals surface area contributed by atoms with Gasteiger partial charge in [0.1, 0.15) is 29.2 Å². The summed E-state index contributed by atoms with van der Waals surface area (Å²) in [4.78, 5) is 12.4. The van der Waals surface area contributed by atoms with E-state index in [1.165, 1.54) is 6.08 Å². The lowest BCUT2D eigenvalue weighted by Crippen LogP contribution is -2.14. The van der Waals surface area contributed by atoms with E-state index in [0.29, 0.717) is 32.6 Å². The number of carbonyl (C=O) groups is 1. The Hall–Kier alpha value is -3.51. The Balaban J connectivity index is 1.88. The Kier molecular flexibility index (Phi) is 5.81. The van der Waals surface area contributed by atoms with Gasteiger partial charge in [-0.2, -0.15) is 10.5 Å². The molecule has 1 amide bonds. The van der Waals surface area contributed by atoms with Crippen LogP contribution >= 0.6 is 23.2 Å². The molecule has 0 radical (unpaired) electrons. The summed E-state index contributed by atoms with van der Waals surface area (Å²) >= 11 is 12.3. The van der Waals surface area contributed by atoms with Gasteiger partial charge in [-0.1, -0.05) is 41.4 Å². The number of amides is 1. The average Bonchev–Trinajstić information content (AvgIpc) is 3.14. The van der Waals surface area contributed by atoms with Crippen LogP contribution in [0.25, 0.3) is 17.4 Å². The van der Waals surface area contributed by atoms with Crippen LogP contribution in [0.4, 0.5) is 5.69 Å². The van der Waals surface area contributed by atoms with Gasteiger partial charge in [0.25, 0.3) is 5.91 Å². The van der Waals surface area contributed by atoms with Gasteiger partial charge in [0.05, 0.1) is 26.9 Å². The summed E-state index contributed by atoms with van der Waals surface area (Å²) in [5.74, 6) is 0.0413. The van der Waals surface area contributed by atoms with Gasteiger partial charge >= 0.3 is 0 Å². The second-order valence-electron chi connectivity index (χ2n) is 5.58. The fourth-order valence-electron chi connectivity index (χ4n) is 2.47. The van der Waals surface area contributed by atoms with Crippen LogP contribution in [0.2, 0.25) is 10.0 Å². The second-order valence-corrected chi connectivity index (χ2v) is 6.39. The minimum Gasteiger partial charge on any atom is -0.457 e. The molecule has 7 heteroatoms. The first-order valence-corrected chi connectivity index (χ1v) is 8.75. The lowest BCUT2D eigenvalue weighted by atomic mass is 10.1. The fraction of sp³-hybridized carbons (Fsp3) is 0. The molecule has 0 aliphatic carbocycles. The maximum atomic E-state index is 12.4. The van der Waals surface area contributed by atoms with Crippen molar-refractivity contribution in [2.75, 3.05) is 5.32 Å². The Labute approximate surface area is 171 Å². The third-order valence-electron chi connectivity index (χ3n) is 3.78. The van der Waals surface area contributed by atoms with Crippen molar-refractivity contribution in [1.82, 2.24) is 0 Å². The van der Waals surface area contributed by atoms with Crippen molar-refractivity contribution in [2.24, 2.45) is 0 Å². The highest BCUT2D eigenvalue weighted by atomic mass is 35.5. The topological polar surface area (TPSA) is 89.8 Å². The number of para-hydroxylation sites is 1. The summed E-state index contributed by atoms with van der Waals surface area (Å²) in [6, 6.07) is 18.6. The van der Waals surface area contributed by atoms with E-state index in [1.54, 1.807) is 54.6 Å². The minimum atomic E-state index is -0.654. The number of nitriles is 2. The van der Waals surface area contributed by atoms with Crippen LogP contribution in [0.5, 0.6) is 0 Å². The first-order valence-electron chi connectivity index (χ1n) is 8.00. The molecule has 28 heavy (non-hydrogen) atoms. The zero-order chi connectivity index (χ0) is 20.1. The first kappa shape index (κ1) is 19.3. The third-order valence-corrected chi connectivity index (χ3v) is 4.41. The van der Waals surface area contributed by atoms with Gasteiger partial charge in [-0.15, -0.1) is 0 Å². The smallest absolute Gasteiger partial charge is 0.266 e. The maximum absolute atomic E-state index is 12.4. The van der Waals surface area contributed by atoms with Crippen LogP contribution in [-0.2, 0) is 4.79 Å². The standard InChI is InChI=1S/C21H11Cl2N3O2/c22-16-5-3-6-17(23)20(16)19-9-8-15(28-19)10-14(12-25)21(27)26-18-7-2-1-4-13(18)11-24/h1-10H,(H,26,27)/b14-10+.